The molecule has 1 heterocycles. The number of fused-ring (bicyclic) bond motifs is 1. The van der Waals surface area contributed by atoms with Crippen LogP contribution in [-0.4, -0.2) is 4.98 Å². The van der Waals surface area contributed by atoms with E-state index in [1.165, 1.54) is 6.07 Å². The number of nitrogens with one attached hydrogen (secondary N) is 1. The lowest BCUT2D eigenvalue weighted by Gasteiger charge is -2.10. The van der Waals surface area contributed by atoms with E-state index >= 15 is 0 Å². The Morgan fingerprint density at radius 2 is 2.00 bits per heavy atom. The minimum absolute atomic E-state index is 0.0627. The van der Waals surface area contributed by atoms with Gasteiger partial charge >= 0.3 is 0 Å². The summed E-state index contributed by atoms with van der Waals surface area (Å²) in [4.78, 5) is 3.02. The molecular weight excluding hydrogens is 184 g/mol. The Morgan fingerprint density at radius 3 is 2.64 bits per heavy atom. The average molecular weight is 195 g/mol. The molecule has 0 aliphatic carbocycles. The summed E-state index contributed by atoms with van der Waals surface area (Å²) >= 11 is 0. The summed E-state index contributed by atoms with van der Waals surface area (Å²) in [6.07, 6.45) is 1.82. The number of hydrogen-bond acceptors (Lipinski definition) is 0. The summed E-state index contributed by atoms with van der Waals surface area (Å²) in [5.74, 6) is -2.77. The van der Waals surface area contributed by atoms with Gasteiger partial charge in [0.2, 0.25) is 0 Å². The van der Waals surface area contributed by atoms with E-state index in [1.54, 1.807) is 12.1 Å². The van der Waals surface area contributed by atoms with Gasteiger partial charge in [-0.3, -0.25) is 0 Å². The highest BCUT2D eigenvalue weighted by Gasteiger charge is 2.24. The topological polar surface area (TPSA) is 15.8 Å². The molecule has 0 aliphatic heterocycles. The van der Waals surface area contributed by atoms with Crippen molar-refractivity contribution in [3.63, 3.8) is 0 Å². The van der Waals surface area contributed by atoms with Crippen LogP contribution >= 0.6 is 0 Å². The summed E-state index contributed by atoms with van der Waals surface area (Å²) < 4.78 is 26.0. The number of halogens is 2. The van der Waals surface area contributed by atoms with Crippen LogP contribution in [0.2, 0.25) is 0 Å². The smallest absolute Gasteiger partial charge is 0.270 e. The van der Waals surface area contributed by atoms with Crippen molar-refractivity contribution < 1.29 is 8.78 Å². The van der Waals surface area contributed by atoms with Crippen molar-refractivity contribution in [3.05, 3.63) is 35.5 Å². The van der Waals surface area contributed by atoms with Crippen molar-refractivity contribution in [2.24, 2.45) is 0 Å². The zero-order valence-electron chi connectivity index (χ0n) is 8.07. The Morgan fingerprint density at radius 1 is 1.29 bits per heavy atom. The molecule has 1 N–H and O–H groups in total. The molecule has 0 radical (unpaired) electrons. The molecule has 0 unspecified atom stereocenters. The first-order valence-corrected chi connectivity index (χ1v) is 4.44. The van der Waals surface area contributed by atoms with Gasteiger partial charge in [-0.15, -0.1) is 0 Å². The number of aryl methyl sites for hydroxylation is 1. The van der Waals surface area contributed by atoms with Gasteiger partial charge in [0.25, 0.3) is 5.92 Å². The normalized spacial score (nSPS) is 12.3. The van der Waals surface area contributed by atoms with Gasteiger partial charge in [0.15, 0.2) is 0 Å². The standard InChI is InChI=1S/C11H11F2N/c1-7-6-14-10-4-3-8(5-9(7)10)11(2,12)13/h3-6,14H,1-2H3. The molecule has 0 amide bonds. The van der Waals surface area contributed by atoms with Crippen LogP contribution in [0.4, 0.5) is 8.78 Å². The Hall–Kier alpha value is -1.38. The van der Waals surface area contributed by atoms with E-state index in [-0.39, 0.29) is 5.56 Å². The minimum atomic E-state index is -2.77. The monoisotopic (exact) mass is 195 g/mol. The highest BCUT2D eigenvalue weighted by atomic mass is 19.3. The summed E-state index contributed by atoms with van der Waals surface area (Å²) in [5, 5.41) is 0.865. The van der Waals surface area contributed by atoms with Gasteiger partial charge in [-0.2, -0.15) is 0 Å². The molecule has 0 bridgehead atoms. The molecule has 0 saturated heterocycles. The molecule has 14 heavy (non-hydrogen) atoms. The van der Waals surface area contributed by atoms with Crippen molar-refractivity contribution in [2.75, 3.05) is 0 Å². The Balaban J connectivity index is 2.66. The van der Waals surface area contributed by atoms with Gasteiger partial charge in [-0.05, 0) is 24.6 Å². The number of rotatable bonds is 1. The molecule has 0 atom stereocenters. The van der Waals surface area contributed by atoms with Crippen molar-refractivity contribution >= 4 is 10.9 Å². The van der Waals surface area contributed by atoms with Gasteiger partial charge in [-0.1, -0.05) is 6.07 Å². The van der Waals surface area contributed by atoms with Crippen molar-refractivity contribution in [2.45, 2.75) is 19.8 Å². The third-order valence-electron chi connectivity index (χ3n) is 2.40. The first kappa shape index (κ1) is 9.19. The summed E-state index contributed by atoms with van der Waals surface area (Å²) in [6.45, 7) is 2.81. The van der Waals surface area contributed by atoms with Crippen LogP contribution in [0, 0.1) is 6.92 Å². The van der Waals surface area contributed by atoms with Crippen LogP contribution < -0.4 is 0 Å². The molecule has 1 aromatic carbocycles. The zero-order chi connectivity index (χ0) is 10.3. The number of aromatic amines is 1. The molecule has 0 fully saturated rings. The highest BCUT2D eigenvalue weighted by Crippen LogP contribution is 2.30. The second-order valence-electron chi connectivity index (χ2n) is 3.62. The second-order valence-corrected chi connectivity index (χ2v) is 3.62. The zero-order valence-corrected chi connectivity index (χ0v) is 8.07. The third-order valence-corrected chi connectivity index (χ3v) is 2.40. The van der Waals surface area contributed by atoms with E-state index < -0.39 is 5.92 Å². The fourth-order valence-electron chi connectivity index (χ4n) is 1.53. The largest absolute Gasteiger partial charge is 0.361 e. The van der Waals surface area contributed by atoms with Crippen LogP contribution in [0.1, 0.15) is 18.1 Å². The van der Waals surface area contributed by atoms with E-state index in [2.05, 4.69) is 4.98 Å². The lowest BCUT2D eigenvalue weighted by atomic mass is 10.1. The van der Waals surface area contributed by atoms with Crippen LogP contribution in [0.25, 0.3) is 10.9 Å². The maximum absolute atomic E-state index is 13.0. The number of H-pyrrole nitrogens is 1. The predicted molar refractivity (Wildman–Crippen MR) is 52.6 cm³/mol. The van der Waals surface area contributed by atoms with Crippen molar-refractivity contribution in [3.8, 4) is 0 Å². The fourth-order valence-corrected chi connectivity index (χ4v) is 1.53. The third kappa shape index (κ3) is 1.39. The van der Waals surface area contributed by atoms with Gasteiger partial charge in [-0.25, -0.2) is 8.78 Å². The first-order chi connectivity index (χ1) is 6.48. The SMILES string of the molecule is Cc1c[nH]c2ccc(C(C)(F)F)cc12. The molecule has 1 aromatic heterocycles. The number of alkyl halides is 2. The highest BCUT2D eigenvalue weighted by molar-refractivity contribution is 5.83. The van der Waals surface area contributed by atoms with E-state index in [0.29, 0.717) is 0 Å². The fraction of sp³-hybridized carbons (Fsp3) is 0.273. The van der Waals surface area contributed by atoms with E-state index in [4.69, 9.17) is 0 Å². The number of hydrogen-bond donors (Lipinski definition) is 1. The van der Waals surface area contributed by atoms with E-state index in [1.807, 2.05) is 13.1 Å². The van der Waals surface area contributed by atoms with Crippen LogP contribution in [-0.2, 0) is 5.92 Å². The van der Waals surface area contributed by atoms with Crippen LogP contribution in [0.15, 0.2) is 24.4 Å². The summed E-state index contributed by atoms with van der Waals surface area (Å²) in [5.41, 5.74) is 1.95. The van der Waals surface area contributed by atoms with Crippen LogP contribution in [0.5, 0.6) is 0 Å². The van der Waals surface area contributed by atoms with Crippen molar-refractivity contribution in [1.29, 1.82) is 0 Å². The van der Waals surface area contributed by atoms with E-state index in [0.717, 1.165) is 23.4 Å². The molecule has 2 aromatic rings. The van der Waals surface area contributed by atoms with Gasteiger partial charge in [0.1, 0.15) is 0 Å². The maximum atomic E-state index is 13.0. The molecule has 1 nitrogen and oxygen atoms in total. The molecule has 0 aliphatic rings. The Bertz CT molecular complexity index is 466. The summed E-state index contributed by atoms with van der Waals surface area (Å²) in [7, 11) is 0. The first-order valence-electron chi connectivity index (χ1n) is 4.44. The second kappa shape index (κ2) is 2.80. The van der Waals surface area contributed by atoms with Gasteiger partial charge < -0.3 is 4.98 Å². The summed E-state index contributed by atoms with van der Waals surface area (Å²) in [6, 6.07) is 4.69. The lowest BCUT2D eigenvalue weighted by Crippen LogP contribution is -2.06. The molecular formula is C11H11F2N. The molecule has 0 saturated carbocycles. The Labute approximate surface area is 80.7 Å². The molecule has 3 heteroatoms. The quantitative estimate of drug-likeness (QED) is 0.715. The lowest BCUT2D eigenvalue weighted by molar-refractivity contribution is 0.0176. The number of benzene rings is 1. The van der Waals surface area contributed by atoms with Crippen LogP contribution in [0.3, 0.4) is 0 Å². The maximum Gasteiger partial charge on any atom is 0.270 e. The van der Waals surface area contributed by atoms with E-state index in [9.17, 15) is 8.78 Å². The van der Waals surface area contributed by atoms with Gasteiger partial charge in [0, 0.05) is 29.6 Å². The van der Waals surface area contributed by atoms with Crippen molar-refractivity contribution in [1.82, 2.24) is 4.98 Å². The molecule has 0 spiro atoms. The van der Waals surface area contributed by atoms with Gasteiger partial charge in [0.05, 0.1) is 0 Å². The Kier molecular flexibility index (Phi) is 1.84. The average Bonchev–Trinajstić information content (AvgIpc) is 2.46. The molecule has 74 valence electrons. The minimum Gasteiger partial charge on any atom is -0.361 e. The predicted octanol–water partition coefficient (Wildman–Crippen LogP) is 3.59. The molecule has 2 rings (SSSR count). The number of aromatic nitrogens is 1.